The van der Waals surface area contributed by atoms with Crippen molar-refractivity contribution in [3.05, 3.63) is 94.0 Å². The summed E-state index contributed by atoms with van der Waals surface area (Å²) in [5.74, 6) is 0.786. The number of halogens is 1. The number of benzene rings is 3. The molecule has 3 aromatic carbocycles. The summed E-state index contributed by atoms with van der Waals surface area (Å²) < 4.78 is 5.92. The van der Waals surface area contributed by atoms with Crippen LogP contribution in [0.5, 0.6) is 5.75 Å². The average Bonchev–Trinajstić information content (AvgIpc) is 3.18. The van der Waals surface area contributed by atoms with Gasteiger partial charge in [-0.25, -0.2) is 0 Å². The van der Waals surface area contributed by atoms with Crippen molar-refractivity contribution in [2.75, 3.05) is 11.5 Å². The average molecular weight is 378 g/mol. The van der Waals surface area contributed by atoms with Crippen molar-refractivity contribution in [3.63, 3.8) is 0 Å². The van der Waals surface area contributed by atoms with Crippen LogP contribution in [0.3, 0.4) is 0 Å². The second kappa shape index (κ2) is 7.85. The van der Waals surface area contributed by atoms with Crippen molar-refractivity contribution >= 4 is 23.6 Å². The molecule has 0 bridgehead atoms. The Morgan fingerprint density at radius 2 is 1.56 bits per heavy atom. The summed E-state index contributed by atoms with van der Waals surface area (Å²) in [7, 11) is 0. The first-order valence-corrected chi connectivity index (χ1v) is 9.40. The van der Waals surface area contributed by atoms with Gasteiger partial charge >= 0.3 is 0 Å². The Labute approximate surface area is 164 Å². The van der Waals surface area contributed by atoms with Crippen LogP contribution >= 0.6 is 11.6 Å². The number of ether oxygens (including phenoxy) is 1. The molecule has 27 heavy (non-hydrogen) atoms. The van der Waals surface area contributed by atoms with Gasteiger partial charge in [-0.2, -0.15) is 0 Å². The molecule has 4 heteroatoms. The molecular weight excluding hydrogens is 358 g/mol. The minimum Gasteiger partial charge on any atom is -0.491 e. The van der Waals surface area contributed by atoms with Gasteiger partial charge in [0.05, 0.1) is 17.3 Å². The van der Waals surface area contributed by atoms with Crippen LogP contribution in [0.4, 0.5) is 5.69 Å². The number of nitrogens with zero attached hydrogens (tertiary/aromatic N) is 1. The Kier molecular flexibility index (Phi) is 5.12. The Morgan fingerprint density at radius 1 is 0.963 bits per heavy atom. The molecule has 1 aliphatic rings. The summed E-state index contributed by atoms with van der Waals surface area (Å²) >= 11 is 6.45. The molecule has 0 aromatic heterocycles. The van der Waals surface area contributed by atoms with E-state index in [1.165, 1.54) is 11.1 Å². The summed E-state index contributed by atoms with van der Waals surface area (Å²) in [5, 5.41) is 0.482. The largest absolute Gasteiger partial charge is 0.491 e. The number of anilines is 1. The van der Waals surface area contributed by atoms with E-state index in [9.17, 15) is 4.79 Å². The van der Waals surface area contributed by atoms with Crippen molar-refractivity contribution in [2.24, 2.45) is 0 Å². The first-order chi connectivity index (χ1) is 13.3. The highest BCUT2D eigenvalue weighted by Crippen LogP contribution is 2.42. The van der Waals surface area contributed by atoms with Gasteiger partial charge in [-0.15, -0.1) is 0 Å². The maximum Gasteiger partial charge on any atom is 0.151 e. The molecular formula is C23H20ClNO2. The minimum absolute atomic E-state index is 0.482. The van der Waals surface area contributed by atoms with E-state index in [-0.39, 0.29) is 0 Å². The first-order valence-electron chi connectivity index (χ1n) is 9.02. The van der Waals surface area contributed by atoms with Crippen LogP contribution in [0.1, 0.15) is 27.0 Å². The fourth-order valence-electron chi connectivity index (χ4n) is 3.54. The smallest absolute Gasteiger partial charge is 0.151 e. The Hall–Kier alpha value is -2.78. The lowest BCUT2D eigenvalue weighted by molar-refractivity contribution is 0.112. The van der Waals surface area contributed by atoms with Gasteiger partial charge in [0.25, 0.3) is 0 Å². The second-order valence-corrected chi connectivity index (χ2v) is 7.05. The highest BCUT2D eigenvalue weighted by atomic mass is 35.5. The number of carbonyl (C=O) groups is 1. The van der Waals surface area contributed by atoms with Crippen LogP contribution in [-0.4, -0.2) is 12.9 Å². The van der Waals surface area contributed by atoms with Crippen molar-refractivity contribution in [1.29, 1.82) is 0 Å². The Morgan fingerprint density at radius 3 is 2.11 bits per heavy atom. The molecule has 0 fully saturated rings. The molecule has 0 radical (unpaired) electrons. The van der Waals surface area contributed by atoms with Gasteiger partial charge in [0.15, 0.2) is 6.29 Å². The fraction of sp³-hybridized carbons (Fsp3) is 0.174. The lowest BCUT2D eigenvalue weighted by Crippen LogP contribution is -2.23. The molecule has 4 rings (SSSR count). The van der Waals surface area contributed by atoms with Gasteiger partial charge in [0.1, 0.15) is 5.75 Å². The number of carbonyl (C=O) groups excluding carboxylic acids is 1. The first kappa shape index (κ1) is 17.6. The summed E-state index contributed by atoms with van der Waals surface area (Å²) in [6.07, 6.45) is 1.54. The van der Waals surface area contributed by atoms with E-state index in [0.29, 0.717) is 23.6 Å². The van der Waals surface area contributed by atoms with Crippen LogP contribution in [-0.2, 0) is 19.5 Å². The molecule has 1 heterocycles. The maximum absolute atomic E-state index is 11.5. The zero-order valence-electron chi connectivity index (χ0n) is 14.9. The van der Waals surface area contributed by atoms with Crippen molar-refractivity contribution in [1.82, 2.24) is 0 Å². The molecule has 0 saturated carbocycles. The number of hydrogen-bond acceptors (Lipinski definition) is 3. The lowest BCUT2D eigenvalue weighted by Gasteiger charge is -2.27. The third-order valence-corrected chi connectivity index (χ3v) is 5.15. The van der Waals surface area contributed by atoms with E-state index in [1.54, 1.807) is 0 Å². The molecule has 3 nitrogen and oxygen atoms in total. The van der Waals surface area contributed by atoms with Crippen LogP contribution in [0.15, 0.2) is 66.7 Å². The molecule has 136 valence electrons. The highest BCUT2D eigenvalue weighted by Gasteiger charge is 2.26. The molecule has 0 amide bonds. The normalized spacial score (nSPS) is 12.3. The monoisotopic (exact) mass is 377 g/mol. The van der Waals surface area contributed by atoms with E-state index in [2.05, 4.69) is 29.2 Å². The third kappa shape index (κ3) is 3.69. The Bertz CT molecular complexity index is 900. The van der Waals surface area contributed by atoms with Crippen LogP contribution in [0.25, 0.3) is 0 Å². The molecule has 0 aliphatic carbocycles. The van der Waals surface area contributed by atoms with Gasteiger partial charge in [-0.1, -0.05) is 72.3 Å². The molecule has 0 N–H and O–H groups in total. The quantitative estimate of drug-likeness (QED) is 0.546. The van der Waals surface area contributed by atoms with E-state index in [0.717, 1.165) is 36.4 Å². The van der Waals surface area contributed by atoms with Gasteiger partial charge in [-0.05, 0) is 17.2 Å². The summed E-state index contributed by atoms with van der Waals surface area (Å²) in [5.41, 5.74) is 4.81. The molecule has 0 unspecified atom stereocenters. The molecule has 0 saturated heterocycles. The highest BCUT2D eigenvalue weighted by molar-refractivity contribution is 6.33. The third-order valence-electron chi connectivity index (χ3n) is 4.84. The standard InChI is InChI=1S/C23H20ClNO2/c24-21-13-22(23-19(11-12-27-23)20(21)16-26)25(14-17-7-3-1-4-8-17)15-18-9-5-2-6-10-18/h1-10,13,16H,11-12,14-15H2. The number of fused-ring (bicyclic) bond motifs is 1. The zero-order valence-corrected chi connectivity index (χ0v) is 15.7. The van der Waals surface area contributed by atoms with Crippen molar-refractivity contribution < 1.29 is 9.53 Å². The molecule has 0 atom stereocenters. The van der Waals surface area contributed by atoms with E-state index >= 15 is 0 Å². The lowest BCUT2D eigenvalue weighted by atomic mass is 10.0. The van der Waals surface area contributed by atoms with Gasteiger partial charge in [0.2, 0.25) is 0 Å². The fourth-order valence-corrected chi connectivity index (χ4v) is 3.81. The second-order valence-electron chi connectivity index (χ2n) is 6.64. The number of hydrogen-bond donors (Lipinski definition) is 0. The van der Waals surface area contributed by atoms with E-state index < -0.39 is 0 Å². The molecule has 0 spiro atoms. The van der Waals surface area contributed by atoms with Crippen LogP contribution < -0.4 is 9.64 Å². The van der Waals surface area contributed by atoms with Gasteiger partial charge in [-0.3, -0.25) is 4.79 Å². The minimum atomic E-state index is 0.482. The maximum atomic E-state index is 11.5. The Balaban J connectivity index is 1.77. The predicted octanol–water partition coefficient (Wildman–Crippen LogP) is 5.29. The topological polar surface area (TPSA) is 29.5 Å². The summed E-state index contributed by atoms with van der Waals surface area (Å²) in [4.78, 5) is 13.8. The van der Waals surface area contributed by atoms with Crippen molar-refractivity contribution in [3.8, 4) is 5.75 Å². The number of aldehydes is 1. The van der Waals surface area contributed by atoms with Crippen LogP contribution in [0, 0.1) is 0 Å². The summed E-state index contributed by atoms with van der Waals surface area (Å²) in [6, 6.07) is 22.5. The van der Waals surface area contributed by atoms with Crippen molar-refractivity contribution in [2.45, 2.75) is 19.5 Å². The summed E-state index contributed by atoms with van der Waals surface area (Å²) in [6.45, 7) is 2.03. The van der Waals surface area contributed by atoms with E-state index in [4.69, 9.17) is 16.3 Å². The van der Waals surface area contributed by atoms with Gasteiger partial charge in [0, 0.05) is 30.6 Å². The number of rotatable bonds is 6. The molecule has 3 aromatic rings. The SMILES string of the molecule is O=Cc1c(Cl)cc(N(Cc2ccccc2)Cc2ccccc2)c2c1CCO2. The predicted molar refractivity (Wildman–Crippen MR) is 109 cm³/mol. The van der Waals surface area contributed by atoms with Crippen LogP contribution in [0.2, 0.25) is 5.02 Å². The zero-order chi connectivity index (χ0) is 18.6. The van der Waals surface area contributed by atoms with E-state index in [1.807, 2.05) is 42.5 Å². The van der Waals surface area contributed by atoms with Gasteiger partial charge < -0.3 is 9.64 Å². The molecule has 1 aliphatic heterocycles.